The molecule has 4 heterocycles. The van der Waals surface area contributed by atoms with Gasteiger partial charge in [-0.15, -0.1) is 0 Å². The van der Waals surface area contributed by atoms with Gasteiger partial charge >= 0.3 is 6.09 Å². The van der Waals surface area contributed by atoms with Crippen molar-refractivity contribution in [2.24, 2.45) is 0 Å². The molecule has 0 saturated carbocycles. The minimum Gasteiger partial charge on any atom is -0.465 e. The van der Waals surface area contributed by atoms with Crippen LogP contribution in [0.2, 0.25) is 0 Å². The first-order valence-electron chi connectivity index (χ1n) is 10.4. The summed E-state index contributed by atoms with van der Waals surface area (Å²) in [6, 6.07) is 9.24. The van der Waals surface area contributed by atoms with Gasteiger partial charge in [-0.05, 0) is 55.0 Å². The topological polar surface area (TPSA) is 62.2 Å². The molecule has 0 aliphatic carbocycles. The van der Waals surface area contributed by atoms with E-state index in [4.69, 9.17) is 14.6 Å². The molecule has 5 rings (SSSR count). The van der Waals surface area contributed by atoms with Crippen LogP contribution in [0, 0.1) is 0 Å². The van der Waals surface area contributed by atoms with E-state index >= 15 is 0 Å². The third-order valence-electron chi connectivity index (χ3n) is 6.92. The lowest BCUT2D eigenvalue weighted by Gasteiger charge is -2.45. The SMILES string of the molecule is O=C(O)N1CC2(C[C@H](N3CCC(c4ccccc4C4=CCOC4)CC3)CO2)C1. The van der Waals surface area contributed by atoms with E-state index < -0.39 is 6.09 Å². The lowest BCUT2D eigenvalue weighted by molar-refractivity contribution is -0.0982. The summed E-state index contributed by atoms with van der Waals surface area (Å²) in [7, 11) is 0. The molecular weight excluding hydrogens is 356 g/mol. The van der Waals surface area contributed by atoms with Gasteiger partial charge in [0.2, 0.25) is 0 Å². The monoisotopic (exact) mass is 384 g/mol. The third-order valence-corrected chi connectivity index (χ3v) is 6.92. The fourth-order valence-electron chi connectivity index (χ4n) is 5.36. The molecule has 150 valence electrons. The van der Waals surface area contributed by atoms with Gasteiger partial charge in [-0.2, -0.15) is 0 Å². The minimum absolute atomic E-state index is 0.221. The summed E-state index contributed by atoms with van der Waals surface area (Å²) in [4.78, 5) is 15.1. The average molecular weight is 384 g/mol. The van der Waals surface area contributed by atoms with Crippen molar-refractivity contribution < 1.29 is 19.4 Å². The van der Waals surface area contributed by atoms with E-state index in [0.29, 0.717) is 25.0 Å². The Balaban J connectivity index is 1.20. The number of rotatable bonds is 3. The fourth-order valence-corrected chi connectivity index (χ4v) is 5.36. The molecule has 6 heteroatoms. The molecule has 0 bridgehead atoms. The van der Waals surface area contributed by atoms with E-state index in [1.54, 1.807) is 0 Å². The summed E-state index contributed by atoms with van der Waals surface area (Å²) in [5, 5.41) is 9.08. The smallest absolute Gasteiger partial charge is 0.407 e. The molecule has 4 aliphatic heterocycles. The Morgan fingerprint density at radius 1 is 1.18 bits per heavy atom. The van der Waals surface area contributed by atoms with Crippen molar-refractivity contribution in [3.63, 3.8) is 0 Å². The van der Waals surface area contributed by atoms with Gasteiger partial charge in [0.05, 0.1) is 32.9 Å². The highest BCUT2D eigenvalue weighted by molar-refractivity contribution is 5.71. The van der Waals surface area contributed by atoms with Crippen LogP contribution in [0.15, 0.2) is 30.3 Å². The average Bonchev–Trinajstić information content (AvgIpc) is 3.37. The first-order valence-corrected chi connectivity index (χ1v) is 10.4. The Bertz CT molecular complexity index is 778. The lowest BCUT2D eigenvalue weighted by atomic mass is 9.83. The van der Waals surface area contributed by atoms with Crippen molar-refractivity contribution in [2.45, 2.75) is 36.8 Å². The lowest BCUT2D eigenvalue weighted by Crippen LogP contribution is -2.63. The molecule has 1 amide bonds. The van der Waals surface area contributed by atoms with Gasteiger partial charge in [0.1, 0.15) is 5.60 Å². The number of benzene rings is 1. The predicted octanol–water partition coefficient (Wildman–Crippen LogP) is 2.80. The molecule has 3 fully saturated rings. The molecule has 0 aromatic heterocycles. The van der Waals surface area contributed by atoms with Crippen LogP contribution >= 0.6 is 0 Å². The molecule has 1 spiro atoms. The standard InChI is InChI=1S/C22H28N2O4/c25-21(26)24-14-22(15-24)11-18(13-28-22)23-8-5-16(6-9-23)19-3-1-2-4-20(19)17-7-10-27-12-17/h1-4,7,16,18H,5-6,8-15H2,(H,25,26)/t18-/m0/s1. The minimum atomic E-state index is -0.833. The Labute approximate surface area is 165 Å². The maximum Gasteiger partial charge on any atom is 0.407 e. The molecule has 1 aromatic carbocycles. The third kappa shape index (κ3) is 3.23. The number of hydrogen-bond acceptors (Lipinski definition) is 4. The van der Waals surface area contributed by atoms with Crippen molar-refractivity contribution in [3.8, 4) is 0 Å². The van der Waals surface area contributed by atoms with Gasteiger partial charge in [0.15, 0.2) is 0 Å². The molecular formula is C22H28N2O4. The molecule has 0 unspecified atom stereocenters. The van der Waals surface area contributed by atoms with E-state index in [-0.39, 0.29) is 5.60 Å². The summed E-state index contributed by atoms with van der Waals surface area (Å²) in [5.74, 6) is 0.594. The van der Waals surface area contributed by atoms with Gasteiger partial charge in [-0.1, -0.05) is 30.3 Å². The largest absolute Gasteiger partial charge is 0.465 e. The van der Waals surface area contributed by atoms with E-state index in [1.165, 1.54) is 21.6 Å². The maximum absolute atomic E-state index is 11.0. The highest BCUT2D eigenvalue weighted by Gasteiger charge is 2.52. The number of likely N-dealkylation sites (tertiary alicyclic amines) is 2. The second-order valence-corrected chi connectivity index (χ2v) is 8.63. The number of piperidine rings is 1. The summed E-state index contributed by atoms with van der Waals surface area (Å²) < 4.78 is 11.6. The zero-order valence-electron chi connectivity index (χ0n) is 16.2. The van der Waals surface area contributed by atoms with Crippen molar-refractivity contribution in [1.82, 2.24) is 9.80 Å². The van der Waals surface area contributed by atoms with Gasteiger partial charge in [0.25, 0.3) is 0 Å². The zero-order valence-corrected chi connectivity index (χ0v) is 16.2. The van der Waals surface area contributed by atoms with Crippen LogP contribution < -0.4 is 0 Å². The van der Waals surface area contributed by atoms with Crippen LogP contribution in [0.1, 0.15) is 36.3 Å². The number of amides is 1. The van der Waals surface area contributed by atoms with Crippen molar-refractivity contribution in [3.05, 3.63) is 41.5 Å². The van der Waals surface area contributed by atoms with Crippen LogP contribution in [0.5, 0.6) is 0 Å². The Morgan fingerprint density at radius 3 is 2.68 bits per heavy atom. The van der Waals surface area contributed by atoms with Gasteiger partial charge < -0.3 is 19.5 Å². The zero-order chi connectivity index (χ0) is 19.1. The molecule has 0 radical (unpaired) electrons. The first-order chi connectivity index (χ1) is 13.6. The molecule has 1 N–H and O–H groups in total. The van der Waals surface area contributed by atoms with Crippen molar-refractivity contribution in [1.29, 1.82) is 0 Å². The number of carbonyl (C=O) groups is 1. The van der Waals surface area contributed by atoms with E-state index in [1.807, 2.05) is 0 Å². The van der Waals surface area contributed by atoms with Gasteiger partial charge in [0, 0.05) is 6.04 Å². The van der Waals surface area contributed by atoms with E-state index in [9.17, 15) is 4.79 Å². The Kier molecular flexibility index (Phi) is 4.65. The number of nitrogens with zero attached hydrogens (tertiary/aromatic N) is 2. The highest BCUT2D eigenvalue weighted by Crippen LogP contribution is 2.40. The van der Waals surface area contributed by atoms with Gasteiger partial charge in [-0.3, -0.25) is 4.90 Å². The number of ether oxygens (including phenoxy) is 2. The van der Waals surface area contributed by atoms with Crippen molar-refractivity contribution >= 4 is 11.7 Å². The van der Waals surface area contributed by atoms with Crippen LogP contribution in [-0.2, 0) is 9.47 Å². The molecule has 1 aromatic rings. The number of carboxylic acid groups (broad SMARTS) is 1. The van der Waals surface area contributed by atoms with Gasteiger partial charge in [-0.25, -0.2) is 4.79 Å². The molecule has 1 atom stereocenters. The second kappa shape index (κ2) is 7.17. The summed E-state index contributed by atoms with van der Waals surface area (Å²) in [6.45, 7) is 5.41. The quantitative estimate of drug-likeness (QED) is 0.868. The Morgan fingerprint density at radius 2 is 1.96 bits per heavy atom. The highest BCUT2D eigenvalue weighted by atomic mass is 16.5. The van der Waals surface area contributed by atoms with Crippen LogP contribution in [0.4, 0.5) is 4.79 Å². The predicted molar refractivity (Wildman–Crippen MR) is 105 cm³/mol. The molecule has 28 heavy (non-hydrogen) atoms. The fraction of sp³-hybridized carbons (Fsp3) is 0.591. The van der Waals surface area contributed by atoms with Crippen LogP contribution in [-0.4, -0.2) is 78.6 Å². The summed E-state index contributed by atoms with van der Waals surface area (Å²) in [5.41, 5.74) is 3.94. The normalized spacial score (nSPS) is 27.8. The second-order valence-electron chi connectivity index (χ2n) is 8.63. The Hall–Kier alpha value is -1.89. The van der Waals surface area contributed by atoms with E-state index in [2.05, 4.69) is 35.2 Å². The van der Waals surface area contributed by atoms with Crippen molar-refractivity contribution in [2.75, 3.05) is 46.0 Å². The molecule has 3 saturated heterocycles. The maximum atomic E-state index is 11.0. The summed E-state index contributed by atoms with van der Waals surface area (Å²) in [6.07, 6.45) is 4.66. The van der Waals surface area contributed by atoms with Crippen LogP contribution in [0.3, 0.4) is 0 Å². The van der Waals surface area contributed by atoms with Crippen LogP contribution in [0.25, 0.3) is 5.57 Å². The molecule has 6 nitrogen and oxygen atoms in total. The van der Waals surface area contributed by atoms with E-state index in [0.717, 1.165) is 52.2 Å². The molecule has 4 aliphatic rings. The number of hydrogen-bond donors (Lipinski definition) is 1. The first kappa shape index (κ1) is 18.2. The summed E-state index contributed by atoms with van der Waals surface area (Å²) >= 11 is 0.